The van der Waals surface area contributed by atoms with Crippen molar-refractivity contribution in [3.05, 3.63) is 29.8 Å². The third-order valence-electron chi connectivity index (χ3n) is 4.19. The largest absolute Gasteiger partial charge is 0.490 e. The minimum Gasteiger partial charge on any atom is -0.490 e. The highest BCUT2D eigenvalue weighted by Crippen LogP contribution is 2.29. The molecule has 1 aromatic rings. The monoisotopic (exact) mass is 275 g/mol. The molecule has 0 spiro atoms. The van der Waals surface area contributed by atoms with E-state index in [1.54, 1.807) is 0 Å². The highest BCUT2D eigenvalue weighted by atomic mass is 16.5. The molecular formula is C17H25NO2. The summed E-state index contributed by atoms with van der Waals surface area (Å²) in [5.41, 5.74) is 7.50. The van der Waals surface area contributed by atoms with Crippen molar-refractivity contribution in [2.24, 2.45) is 5.73 Å². The van der Waals surface area contributed by atoms with Gasteiger partial charge in [-0.25, -0.2) is 0 Å². The molecular weight excluding hydrogens is 250 g/mol. The van der Waals surface area contributed by atoms with E-state index >= 15 is 0 Å². The molecule has 2 fully saturated rings. The van der Waals surface area contributed by atoms with Crippen LogP contribution in [-0.2, 0) is 4.74 Å². The summed E-state index contributed by atoms with van der Waals surface area (Å²) in [5.74, 6) is 0.967. The zero-order valence-electron chi connectivity index (χ0n) is 12.1. The normalized spacial score (nSPS) is 24.4. The van der Waals surface area contributed by atoms with Crippen molar-refractivity contribution in [2.75, 3.05) is 6.61 Å². The summed E-state index contributed by atoms with van der Waals surface area (Å²) < 4.78 is 11.6. The van der Waals surface area contributed by atoms with Crippen LogP contribution < -0.4 is 10.5 Å². The first kappa shape index (κ1) is 13.9. The highest BCUT2D eigenvalue weighted by Gasteiger charge is 2.23. The lowest BCUT2D eigenvalue weighted by Crippen LogP contribution is -2.21. The second kappa shape index (κ2) is 6.59. The van der Waals surface area contributed by atoms with Gasteiger partial charge in [0.15, 0.2) is 0 Å². The van der Waals surface area contributed by atoms with E-state index in [-0.39, 0.29) is 6.04 Å². The minimum atomic E-state index is 0.0864. The van der Waals surface area contributed by atoms with Gasteiger partial charge in [0.25, 0.3) is 0 Å². The molecule has 0 radical (unpaired) electrons. The maximum absolute atomic E-state index is 6.32. The van der Waals surface area contributed by atoms with Gasteiger partial charge in [0, 0.05) is 12.6 Å². The molecule has 0 amide bonds. The third-order valence-corrected chi connectivity index (χ3v) is 4.19. The Morgan fingerprint density at radius 2 is 2.15 bits per heavy atom. The summed E-state index contributed by atoms with van der Waals surface area (Å²) in [7, 11) is 0. The van der Waals surface area contributed by atoms with Crippen molar-refractivity contribution in [3.63, 3.8) is 0 Å². The van der Waals surface area contributed by atoms with Gasteiger partial charge < -0.3 is 15.2 Å². The van der Waals surface area contributed by atoms with E-state index in [0.717, 1.165) is 25.2 Å². The summed E-state index contributed by atoms with van der Waals surface area (Å²) in [5, 5.41) is 0. The fourth-order valence-corrected chi connectivity index (χ4v) is 2.76. The fourth-order valence-electron chi connectivity index (χ4n) is 2.76. The maximum atomic E-state index is 6.32. The molecule has 1 aromatic carbocycles. The molecule has 2 N–H and O–H groups in total. The van der Waals surface area contributed by atoms with Crippen molar-refractivity contribution in [3.8, 4) is 5.75 Å². The molecule has 1 saturated heterocycles. The number of rotatable bonds is 6. The van der Waals surface area contributed by atoms with Gasteiger partial charge in [-0.15, -0.1) is 0 Å². The van der Waals surface area contributed by atoms with Crippen molar-refractivity contribution >= 4 is 0 Å². The molecule has 0 bridgehead atoms. The molecule has 3 rings (SSSR count). The van der Waals surface area contributed by atoms with Crippen LogP contribution in [0.1, 0.15) is 56.6 Å². The van der Waals surface area contributed by atoms with Crippen molar-refractivity contribution in [1.29, 1.82) is 0 Å². The van der Waals surface area contributed by atoms with Crippen LogP contribution in [0.3, 0.4) is 0 Å². The van der Waals surface area contributed by atoms with Gasteiger partial charge in [-0.05, 0) is 62.6 Å². The van der Waals surface area contributed by atoms with Crippen molar-refractivity contribution in [1.82, 2.24) is 0 Å². The fraction of sp³-hybridized carbons (Fsp3) is 0.647. The van der Waals surface area contributed by atoms with Gasteiger partial charge in [0.1, 0.15) is 5.75 Å². The zero-order valence-corrected chi connectivity index (χ0v) is 12.1. The molecule has 0 aromatic heterocycles. The lowest BCUT2D eigenvalue weighted by atomic mass is 9.98. The van der Waals surface area contributed by atoms with Gasteiger partial charge in [0.2, 0.25) is 0 Å². The predicted octanol–water partition coefficient (Wildman–Crippen LogP) is 3.58. The Hall–Kier alpha value is -1.06. The molecule has 2 atom stereocenters. The molecule has 3 heteroatoms. The van der Waals surface area contributed by atoms with Crippen LogP contribution in [0, 0.1) is 0 Å². The Balaban J connectivity index is 1.51. The van der Waals surface area contributed by atoms with Crippen LogP contribution in [0.15, 0.2) is 24.3 Å². The third kappa shape index (κ3) is 3.97. The van der Waals surface area contributed by atoms with E-state index in [2.05, 4.69) is 12.1 Å². The predicted molar refractivity (Wildman–Crippen MR) is 79.8 cm³/mol. The molecule has 2 aliphatic rings. The molecule has 20 heavy (non-hydrogen) atoms. The molecule has 1 heterocycles. The van der Waals surface area contributed by atoms with E-state index in [1.165, 1.54) is 37.7 Å². The number of nitrogens with two attached hydrogens (primary N) is 1. The molecule has 3 nitrogen and oxygen atoms in total. The van der Waals surface area contributed by atoms with Crippen molar-refractivity contribution in [2.45, 2.75) is 63.2 Å². The number of ether oxygens (including phenoxy) is 2. The van der Waals surface area contributed by atoms with E-state index < -0.39 is 0 Å². The molecule has 1 aliphatic heterocycles. The van der Waals surface area contributed by atoms with Gasteiger partial charge in [0.05, 0.1) is 12.2 Å². The first-order valence-corrected chi connectivity index (χ1v) is 7.95. The Kier molecular flexibility index (Phi) is 4.58. The van der Waals surface area contributed by atoms with E-state index in [9.17, 15) is 0 Å². The van der Waals surface area contributed by atoms with Crippen molar-refractivity contribution < 1.29 is 9.47 Å². The smallest absolute Gasteiger partial charge is 0.120 e. The summed E-state index contributed by atoms with van der Waals surface area (Å²) in [6, 6.07) is 8.36. The topological polar surface area (TPSA) is 44.5 Å². The van der Waals surface area contributed by atoms with Crippen LogP contribution in [0.4, 0.5) is 0 Å². The SMILES string of the molecule is NC(CCC1CCCCO1)c1cccc(OC2CC2)c1. The van der Waals surface area contributed by atoms with Gasteiger partial charge in [-0.3, -0.25) is 0 Å². The highest BCUT2D eigenvalue weighted by molar-refractivity contribution is 5.30. The summed E-state index contributed by atoms with van der Waals surface area (Å²) in [6.45, 7) is 0.921. The maximum Gasteiger partial charge on any atom is 0.120 e. The first-order valence-electron chi connectivity index (χ1n) is 7.95. The summed E-state index contributed by atoms with van der Waals surface area (Å²) >= 11 is 0. The van der Waals surface area contributed by atoms with Gasteiger partial charge in [-0.2, -0.15) is 0 Å². The van der Waals surface area contributed by atoms with Gasteiger partial charge >= 0.3 is 0 Å². The number of hydrogen-bond donors (Lipinski definition) is 1. The lowest BCUT2D eigenvalue weighted by molar-refractivity contribution is 0.00912. The number of hydrogen-bond acceptors (Lipinski definition) is 3. The first-order chi connectivity index (χ1) is 9.81. The van der Waals surface area contributed by atoms with Crippen LogP contribution in [0.2, 0.25) is 0 Å². The molecule has 1 saturated carbocycles. The van der Waals surface area contributed by atoms with Crippen LogP contribution in [0.25, 0.3) is 0 Å². The summed E-state index contributed by atoms with van der Waals surface area (Å²) in [6.07, 6.45) is 8.99. The lowest BCUT2D eigenvalue weighted by Gasteiger charge is -2.24. The van der Waals surface area contributed by atoms with Crippen LogP contribution >= 0.6 is 0 Å². The number of benzene rings is 1. The average Bonchev–Trinajstić information content (AvgIpc) is 3.30. The van der Waals surface area contributed by atoms with Gasteiger partial charge in [-0.1, -0.05) is 12.1 Å². The second-order valence-corrected chi connectivity index (χ2v) is 6.06. The van der Waals surface area contributed by atoms with E-state index in [1.807, 2.05) is 12.1 Å². The molecule has 1 aliphatic carbocycles. The summed E-state index contributed by atoms with van der Waals surface area (Å²) in [4.78, 5) is 0. The Morgan fingerprint density at radius 3 is 2.90 bits per heavy atom. The molecule has 2 unspecified atom stereocenters. The molecule has 110 valence electrons. The van der Waals surface area contributed by atoms with Crippen LogP contribution in [-0.4, -0.2) is 18.8 Å². The minimum absolute atomic E-state index is 0.0864. The Morgan fingerprint density at radius 1 is 1.25 bits per heavy atom. The average molecular weight is 275 g/mol. The van der Waals surface area contributed by atoms with Crippen LogP contribution in [0.5, 0.6) is 5.75 Å². The quantitative estimate of drug-likeness (QED) is 0.863. The standard InChI is InChI=1S/C17H25NO2/c18-17(10-9-14-5-1-2-11-19-14)13-4-3-6-16(12-13)20-15-7-8-15/h3-4,6,12,14-15,17H,1-2,5,7-11,18H2. The van der Waals surface area contributed by atoms with E-state index in [0.29, 0.717) is 12.2 Å². The Labute approximate surface area is 121 Å². The van der Waals surface area contributed by atoms with E-state index in [4.69, 9.17) is 15.2 Å². The Bertz CT molecular complexity index is 425. The zero-order chi connectivity index (χ0) is 13.8. The second-order valence-electron chi connectivity index (χ2n) is 6.06.